The summed E-state index contributed by atoms with van der Waals surface area (Å²) in [6.07, 6.45) is 9.14. The molecule has 0 radical (unpaired) electrons. The Kier molecular flexibility index (Phi) is 6.82. The van der Waals surface area contributed by atoms with Crippen molar-refractivity contribution in [3.05, 3.63) is 17.8 Å². The number of nitrogens with one attached hydrogen (secondary N) is 1. The minimum absolute atomic E-state index is 0.219. The van der Waals surface area contributed by atoms with Crippen LogP contribution in [0.2, 0.25) is 0 Å². The maximum Gasteiger partial charge on any atom is 0.233 e. The van der Waals surface area contributed by atoms with Crippen LogP contribution in [0, 0.1) is 12.3 Å². The Morgan fingerprint density at radius 2 is 2.28 bits per heavy atom. The van der Waals surface area contributed by atoms with E-state index in [0.29, 0.717) is 5.88 Å². The molecule has 0 spiro atoms. The zero-order valence-corrected chi connectivity index (χ0v) is 11.1. The number of aromatic nitrogens is 2. The number of unbranched alkanes of at least 4 members (excludes halogenated alkanes) is 1. The fourth-order valence-electron chi connectivity index (χ4n) is 1.71. The molecule has 0 amide bonds. The molecular weight excluding hydrogens is 226 g/mol. The van der Waals surface area contributed by atoms with Crippen molar-refractivity contribution in [1.82, 2.24) is 15.5 Å². The number of nitrogens with zero attached hydrogens (tertiary/aromatic N) is 2. The minimum atomic E-state index is 0.219. The van der Waals surface area contributed by atoms with Gasteiger partial charge in [-0.3, -0.25) is 0 Å². The molecule has 0 saturated heterocycles. The van der Waals surface area contributed by atoms with Gasteiger partial charge in [-0.1, -0.05) is 6.92 Å². The lowest BCUT2D eigenvalue weighted by Crippen LogP contribution is -2.23. The summed E-state index contributed by atoms with van der Waals surface area (Å²) in [6, 6.07) is 4.01. The summed E-state index contributed by atoms with van der Waals surface area (Å²) in [5, 5.41) is 11.7. The molecule has 0 bridgehead atoms. The second-order valence-electron chi connectivity index (χ2n) is 4.10. The van der Waals surface area contributed by atoms with Crippen molar-refractivity contribution in [2.75, 3.05) is 13.7 Å². The standard InChI is InChI=1S/C14H21N3O/c1-4-6-7-8-12(15-11-5-2)13-9-10-14(18-3)17-16-13/h1,9-10,12,15H,5-8,11H2,2-3H3. The van der Waals surface area contributed by atoms with Crippen molar-refractivity contribution in [3.8, 4) is 18.2 Å². The van der Waals surface area contributed by atoms with Gasteiger partial charge in [-0.05, 0) is 31.9 Å². The molecule has 1 aromatic heterocycles. The lowest BCUT2D eigenvalue weighted by molar-refractivity contribution is 0.388. The number of ether oxygens (including phenoxy) is 1. The van der Waals surface area contributed by atoms with E-state index in [2.05, 4.69) is 28.4 Å². The molecule has 0 saturated carbocycles. The molecule has 4 heteroatoms. The van der Waals surface area contributed by atoms with E-state index >= 15 is 0 Å². The Morgan fingerprint density at radius 1 is 1.44 bits per heavy atom. The van der Waals surface area contributed by atoms with Crippen LogP contribution in [0.25, 0.3) is 0 Å². The number of terminal acetylenes is 1. The Hall–Kier alpha value is -1.60. The van der Waals surface area contributed by atoms with E-state index in [1.54, 1.807) is 7.11 Å². The van der Waals surface area contributed by atoms with E-state index in [1.807, 2.05) is 12.1 Å². The average Bonchev–Trinajstić information content (AvgIpc) is 2.43. The number of rotatable bonds is 8. The van der Waals surface area contributed by atoms with Crippen LogP contribution in [-0.2, 0) is 0 Å². The molecule has 4 nitrogen and oxygen atoms in total. The molecule has 1 rings (SSSR count). The van der Waals surface area contributed by atoms with Crippen molar-refractivity contribution in [2.45, 2.75) is 38.6 Å². The molecule has 0 aliphatic carbocycles. The molecule has 0 aliphatic rings. The third-order valence-corrected chi connectivity index (χ3v) is 2.68. The molecule has 0 aromatic carbocycles. The van der Waals surface area contributed by atoms with E-state index in [9.17, 15) is 0 Å². The van der Waals surface area contributed by atoms with Gasteiger partial charge in [-0.2, -0.15) is 5.10 Å². The highest BCUT2D eigenvalue weighted by atomic mass is 16.5. The average molecular weight is 247 g/mol. The molecule has 0 fully saturated rings. The van der Waals surface area contributed by atoms with Crippen LogP contribution >= 0.6 is 0 Å². The maximum atomic E-state index is 5.28. The van der Waals surface area contributed by atoms with Crippen LogP contribution in [-0.4, -0.2) is 23.9 Å². The minimum Gasteiger partial charge on any atom is -0.480 e. The quantitative estimate of drug-likeness (QED) is 0.566. The van der Waals surface area contributed by atoms with Crippen LogP contribution in [0.1, 0.15) is 44.3 Å². The Labute approximate surface area is 109 Å². The first-order valence-electron chi connectivity index (χ1n) is 6.36. The maximum absolute atomic E-state index is 5.28. The van der Waals surface area contributed by atoms with E-state index in [4.69, 9.17) is 11.2 Å². The summed E-state index contributed by atoms with van der Waals surface area (Å²) in [4.78, 5) is 0. The van der Waals surface area contributed by atoms with Gasteiger partial charge >= 0.3 is 0 Å². The monoisotopic (exact) mass is 247 g/mol. The van der Waals surface area contributed by atoms with Gasteiger partial charge in [-0.25, -0.2) is 0 Å². The third-order valence-electron chi connectivity index (χ3n) is 2.68. The van der Waals surface area contributed by atoms with Crippen molar-refractivity contribution in [1.29, 1.82) is 0 Å². The lowest BCUT2D eigenvalue weighted by atomic mass is 10.1. The lowest BCUT2D eigenvalue weighted by Gasteiger charge is -2.17. The van der Waals surface area contributed by atoms with Crippen LogP contribution in [0.15, 0.2) is 12.1 Å². The third kappa shape index (κ3) is 4.72. The molecule has 1 aromatic rings. The van der Waals surface area contributed by atoms with Gasteiger partial charge in [0.25, 0.3) is 0 Å². The van der Waals surface area contributed by atoms with Crippen molar-refractivity contribution in [2.24, 2.45) is 0 Å². The summed E-state index contributed by atoms with van der Waals surface area (Å²) in [7, 11) is 1.59. The smallest absolute Gasteiger partial charge is 0.233 e. The highest BCUT2D eigenvalue weighted by Gasteiger charge is 2.12. The van der Waals surface area contributed by atoms with Gasteiger partial charge in [0.2, 0.25) is 5.88 Å². The van der Waals surface area contributed by atoms with Crippen LogP contribution in [0.4, 0.5) is 0 Å². The highest BCUT2D eigenvalue weighted by molar-refractivity contribution is 5.14. The Morgan fingerprint density at radius 3 is 2.83 bits per heavy atom. The fraction of sp³-hybridized carbons (Fsp3) is 0.571. The normalized spacial score (nSPS) is 11.8. The van der Waals surface area contributed by atoms with Crippen LogP contribution in [0.5, 0.6) is 5.88 Å². The molecule has 1 N–H and O–H groups in total. The van der Waals surface area contributed by atoms with Crippen LogP contribution in [0.3, 0.4) is 0 Å². The molecule has 1 atom stereocenters. The van der Waals surface area contributed by atoms with E-state index < -0.39 is 0 Å². The summed E-state index contributed by atoms with van der Waals surface area (Å²) in [5.74, 6) is 3.20. The predicted molar refractivity (Wildman–Crippen MR) is 72.3 cm³/mol. The summed E-state index contributed by atoms with van der Waals surface area (Å²) in [5.41, 5.74) is 0.946. The largest absolute Gasteiger partial charge is 0.480 e. The number of hydrogen-bond acceptors (Lipinski definition) is 4. The molecular formula is C14H21N3O. The number of methoxy groups -OCH3 is 1. The number of hydrogen-bond donors (Lipinski definition) is 1. The molecule has 1 heterocycles. The zero-order valence-electron chi connectivity index (χ0n) is 11.1. The van der Waals surface area contributed by atoms with Gasteiger partial charge in [0.05, 0.1) is 18.8 Å². The summed E-state index contributed by atoms with van der Waals surface area (Å²) >= 11 is 0. The fourth-order valence-corrected chi connectivity index (χ4v) is 1.71. The van der Waals surface area contributed by atoms with E-state index in [0.717, 1.165) is 37.9 Å². The molecule has 0 aliphatic heterocycles. The first-order valence-corrected chi connectivity index (χ1v) is 6.36. The Balaban J connectivity index is 2.64. The Bertz CT molecular complexity index is 370. The van der Waals surface area contributed by atoms with Gasteiger partial charge in [-0.15, -0.1) is 17.4 Å². The van der Waals surface area contributed by atoms with Crippen LogP contribution < -0.4 is 10.1 Å². The van der Waals surface area contributed by atoms with Gasteiger partial charge in [0, 0.05) is 12.5 Å². The summed E-state index contributed by atoms with van der Waals surface area (Å²) < 4.78 is 5.01. The molecule has 98 valence electrons. The molecule has 1 unspecified atom stereocenters. The zero-order chi connectivity index (χ0) is 13.2. The van der Waals surface area contributed by atoms with Gasteiger partial charge in [0.1, 0.15) is 0 Å². The first kappa shape index (κ1) is 14.5. The second-order valence-corrected chi connectivity index (χ2v) is 4.10. The first-order chi connectivity index (χ1) is 8.81. The molecule has 18 heavy (non-hydrogen) atoms. The van der Waals surface area contributed by atoms with Crippen molar-refractivity contribution < 1.29 is 4.74 Å². The van der Waals surface area contributed by atoms with Crippen molar-refractivity contribution >= 4 is 0 Å². The second kappa shape index (κ2) is 8.48. The highest BCUT2D eigenvalue weighted by Crippen LogP contribution is 2.18. The summed E-state index contributed by atoms with van der Waals surface area (Å²) in [6.45, 7) is 3.11. The van der Waals surface area contributed by atoms with Gasteiger partial charge < -0.3 is 10.1 Å². The topological polar surface area (TPSA) is 47.0 Å². The van der Waals surface area contributed by atoms with E-state index in [1.165, 1.54) is 0 Å². The van der Waals surface area contributed by atoms with Crippen molar-refractivity contribution in [3.63, 3.8) is 0 Å². The van der Waals surface area contributed by atoms with E-state index in [-0.39, 0.29) is 6.04 Å². The SMILES string of the molecule is C#CCCCC(NCCC)c1ccc(OC)nn1. The predicted octanol–water partition coefficient (Wildman–Crippen LogP) is 2.33. The van der Waals surface area contributed by atoms with Gasteiger partial charge in [0.15, 0.2) is 0 Å².